The smallest absolute Gasteiger partial charge is 0.155 e. The summed E-state index contributed by atoms with van der Waals surface area (Å²) in [7, 11) is 0. The summed E-state index contributed by atoms with van der Waals surface area (Å²) in [6.45, 7) is 1.72. The third kappa shape index (κ3) is 1.36. The van der Waals surface area contributed by atoms with E-state index in [1.807, 2.05) is 25.1 Å². The zero-order valence-electron chi connectivity index (χ0n) is 7.88. The van der Waals surface area contributed by atoms with Crippen LogP contribution in [0.2, 0.25) is 0 Å². The molecule has 5 nitrogen and oxygen atoms in total. The van der Waals surface area contributed by atoms with Gasteiger partial charge < -0.3 is 10.8 Å². The summed E-state index contributed by atoms with van der Waals surface area (Å²) in [4.78, 5) is 4.21. The molecule has 0 bridgehead atoms. The first-order valence-electron chi connectivity index (χ1n) is 4.41. The molecule has 1 unspecified atom stereocenters. The van der Waals surface area contributed by atoms with E-state index in [1.165, 1.54) is 0 Å². The largest absolute Gasteiger partial charge is 0.394 e. The summed E-state index contributed by atoms with van der Waals surface area (Å²) in [6.07, 6.45) is 0. The van der Waals surface area contributed by atoms with Crippen LogP contribution in [0.3, 0.4) is 0 Å². The molecule has 3 N–H and O–H groups in total. The molecule has 0 amide bonds. The molecule has 2 aromatic rings. The van der Waals surface area contributed by atoms with Gasteiger partial charge in [0, 0.05) is 0 Å². The van der Waals surface area contributed by atoms with Gasteiger partial charge in [0.2, 0.25) is 0 Å². The number of aliphatic hydroxyl groups is 1. The number of hydrogen-bond donors (Lipinski definition) is 2. The van der Waals surface area contributed by atoms with Crippen LogP contribution in [0.25, 0.3) is 5.65 Å². The maximum atomic E-state index is 8.97. The molecular formula is C9H12N4O. The van der Waals surface area contributed by atoms with Crippen LogP contribution in [0.1, 0.15) is 17.6 Å². The minimum absolute atomic E-state index is 0.0992. The number of nitrogens with zero attached hydrogens (tertiary/aromatic N) is 3. The Morgan fingerprint density at radius 2 is 2.36 bits per heavy atom. The Morgan fingerprint density at radius 3 is 3.07 bits per heavy atom. The molecule has 74 valence electrons. The highest BCUT2D eigenvalue weighted by Gasteiger charge is 2.10. The number of aliphatic hydroxyl groups excluding tert-OH is 1. The summed E-state index contributed by atoms with van der Waals surface area (Å²) in [5.41, 5.74) is 7.25. The average molecular weight is 192 g/mol. The standard InChI is InChI=1S/C9H12N4O/c1-6-11-9-4-2-3-8(7(10)5-14)13(9)12-6/h2-4,7,14H,5,10H2,1H3. The van der Waals surface area contributed by atoms with Gasteiger partial charge in [-0.25, -0.2) is 9.50 Å². The van der Waals surface area contributed by atoms with Crippen molar-refractivity contribution < 1.29 is 5.11 Å². The monoisotopic (exact) mass is 192 g/mol. The van der Waals surface area contributed by atoms with Crippen molar-refractivity contribution in [1.82, 2.24) is 14.6 Å². The molecule has 0 saturated heterocycles. The Labute approximate surface area is 81.2 Å². The van der Waals surface area contributed by atoms with Crippen molar-refractivity contribution in [3.05, 3.63) is 29.7 Å². The van der Waals surface area contributed by atoms with Crippen molar-refractivity contribution in [2.24, 2.45) is 5.73 Å². The van der Waals surface area contributed by atoms with Crippen LogP contribution in [0.5, 0.6) is 0 Å². The fourth-order valence-corrected chi connectivity index (χ4v) is 1.41. The van der Waals surface area contributed by atoms with Crippen molar-refractivity contribution >= 4 is 5.65 Å². The lowest BCUT2D eigenvalue weighted by molar-refractivity contribution is 0.264. The van der Waals surface area contributed by atoms with E-state index >= 15 is 0 Å². The number of pyridine rings is 1. The second kappa shape index (κ2) is 3.36. The van der Waals surface area contributed by atoms with E-state index < -0.39 is 6.04 Å². The lowest BCUT2D eigenvalue weighted by atomic mass is 10.2. The predicted molar refractivity (Wildman–Crippen MR) is 51.7 cm³/mol. The summed E-state index contributed by atoms with van der Waals surface area (Å²) in [6, 6.07) is 5.13. The maximum Gasteiger partial charge on any atom is 0.155 e. The second-order valence-corrected chi connectivity index (χ2v) is 3.17. The molecule has 0 aliphatic heterocycles. The Kier molecular flexibility index (Phi) is 2.18. The van der Waals surface area contributed by atoms with E-state index in [-0.39, 0.29) is 6.61 Å². The van der Waals surface area contributed by atoms with E-state index in [1.54, 1.807) is 4.52 Å². The third-order valence-corrected chi connectivity index (χ3v) is 2.07. The normalized spacial score (nSPS) is 13.4. The Morgan fingerprint density at radius 1 is 1.57 bits per heavy atom. The SMILES string of the molecule is Cc1nc2cccc(C(N)CO)n2n1. The third-order valence-electron chi connectivity index (χ3n) is 2.07. The summed E-state index contributed by atoms with van der Waals surface area (Å²) in [5, 5.41) is 13.2. The van der Waals surface area contributed by atoms with E-state index in [9.17, 15) is 0 Å². The first kappa shape index (κ1) is 9.11. The zero-order chi connectivity index (χ0) is 10.1. The summed E-state index contributed by atoms with van der Waals surface area (Å²) >= 11 is 0. The quantitative estimate of drug-likeness (QED) is 0.703. The maximum absolute atomic E-state index is 8.97. The minimum Gasteiger partial charge on any atom is -0.394 e. The van der Waals surface area contributed by atoms with Crippen molar-refractivity contribution in [3.8, 4) is 0 Å². The molecule has 5 heteroatoms. The molecule has 0 saturated carbocycles. The van der Waals surface area contributed by atoms with Crippen LogP contribution in [-0.2, 0) is 0 Å². The Hall–Kier alpha value is -1.46. The van der Waals surface area contributed by atoms with Gasteiger partial charge >= 0.3 is 0 Å². The van der Waals surface area contributed by atoms with E-state index in [2.05, 4.69) is 10.1 Å². The lowest BCUT2D eigenvalue weighted by Crippen LogP contribution is -2.18. The molecule has 2 aromatic heterocycles. The number of aryl methyl sites for hydroxylation is 1. The van der Waals surface area contributed by atoms with Crippen LogP contribution >= 0.6 is 0 Å². The highest BCUT2D eigenvalue weighted by atomic mass is 16.3. The molecule has 0 aliphatic carbocycles. The van der Waals surface area contributed by atoms with E-state index in [0.29, 0.717) is 5.82 Å². The van der Waals surface area contributed by atoms with Gasteiger partial charge in [0.15, 0.2) is 5.65 Å². The fourth-order valence-electron chi connectivity index (χ4n) is 1.41. The Balaban J connectivity index is 2.64. The molecule has 0 fully saturated rings. The molecule has 2 heterocycles. The van der Waals surface area contributed by atoms with Crippen molar-refractivity contribution in [2.45, 2.75) is 13.0 Å². The summed E-state index contributed by atoms with van der Waals surface area (Å²) < 4.78 is 1.66. The zero-order valence-corrected chi connectivity index (χ0v) is 7.88. The number of rotatable bonds is 2. The number of nitrogens with two attached hydrogens (primary N) is 1. The molecule has 1 atom stereocenters. The van der Waals surface area contributed by atoms with Crippen molar-refractivity contribution in [3.63, 3.8) is 0 Å². The highest BCUT2D eigenvalue weighted by molar-refractivity contribution is 5.39. The lowest BCUT2D eigenvalue weighted by Gasteiger charge is -2.09. The second-order valence-electron chi connectivity index (χ2n) is 3.17. The molecular weight excluding hydrogens is 180 g/mol. The number of hydrogen-bond acceptors (Lipinski definition) is 4. The van der Waals surface area contributed by atoms with Gasteiger partial charge in [-0.1, -0.05) is 6.07 Å². The van der Waals surface area contributed by atoms with Gasteiger partial charge in [-0.05, 0) is 19.1 Å². The molecule has 0 spiro atoms. The van der Waals surface area contributed by atoms with Gasteiger partial charge in [-0.15, -0.1) is 0 Å². The van der Waals surface area contributed by atoms with E-state index in [0.717, 1.165) is 11.3 Å². The van der Waals surface area contributed by atoms with Crippen LogP contribution in [-0.4, -0.2) is 26.3 Å². The topological polar surface area (TPSA) is 76.4 Å². The molecule has 0 aliphatic rings. The van der Waals surface area contributed by atoms with Crippen molar-refractivity contribution in [2.75, 3.05) is 6.61 Å². The van der Waals surface area contributed by atoms with Gasteiger partial charge in [0.1, 0.15) is 5.82 Å². The molecule has 14 heavy (non-hydrogen) atoms. The summed E-state index contributed by atoms with van der Waals surface area (Å²) in [5.74, 6) is 0.697. The Bertz CT molecular complexity index is 451. The predicted octanol–water partition coefficient (Wildman–Crippen LogP) is 0.0298. The van der Waals surface area contributed by atoms with E-state index in [4.69, 9.17) is 10.8 Å². The number of aromatic nitrogens is 3. The fraction of sp³-hybridized carbons (Fsp3) is 0.333. The molecule has 0 aromatic carbocycles. The molecule has 2 rings (SSSR count). The van der Waals surface area contributed by atoms with Crippen molar-refractivity contribution in [1.29, 1.82) is 0 Å². The first-order valence-corrected chi connectivity index (χ1v) is 4.41. The van der Waals surface area contributed by atoms with Crippen LogP contribution < -0.4 is 5.73 Å². The van der Waals surface area contributed by atoms with Crippen LogP contribution in [0.15, 0.2) is 18.2 Å². The molecule has 0 radical (unpaired) electrons. The highest BCUT2D eigenvalue weighted by Crippen LogP contribution is 2.11. The van der Waals surface area contributed by atoms with Gasteiger partial charge in [0.05, 0.1) is 18.3 Å². The van der Waals surface area contributed by atoms with Gasteiger partial charge in [-0.3, -0.25) is 0 Å². The first-order chi connectivity index (χ1) is 6.72. The van der Waals surface area contributed by atoms with Gasteiger partial charge in [0.25, 0.3) is 0 Å². The number of fused-ring (bicyclic) bond motifs is 1. The minimum atomic E-state index is -0.417. The van der Waals surface area contributed by atoms with Crippen LogP contribution in [0.4, 0.5) is 0 Å². The van der Waals surface area contributed by atoms with Crippen LogP contribution in [0, 0.1) is 6.92 Å². The van der Waals surface area contributed by atoms with Gasteiger partial charge in [-0.2, -0.15) is 5.10 Å². The average Bonchev–Trinajstić information content (AvgIpc) is 2.56.